The molecule has 4 nitrogen and oxygen atoms in total. The van der Waals surface area contributed by atoms with Crippen molar-refractivity contribution in [2.24, 2.45) is 5.92 Å². The number of aromatic nitrogens is 1. The fraction of sp³-hybridized carbons (Fsp3) is 0.333. The van der Waals surface area contributed by atoms with Crippen molar-refractivity contribution in [1.82, 2.24) is 4.98 Å². The molecule has 0 saturated heterocycles. The first kappa shape index (κ1) is 14.0. The molecular formula is C15H14FNO3S. The Hall–Kier alpha value is -1.95. The molecule has 1 saturated carbocycles. The van der Waals surface area contributed by atoms with Crippen molar-refractivity contribution >= 4 is 17.3 Å². The number of ether oxygens (including phenoxy) is 1. The van der Waals surface area contributed by atoms with Crippen molar-refractivity contribution in [2.75, 3.05) is 6.61 Å². The number of carbonyl (C=O) groups is 1. The van der Waals surface area contributed by atoms with Gasteiger partial charge in [-0.3, -0.25) is 0 Å². The Labute approximate surface area is 125 Å². The highest BCUT2D eigenvalue weighted by Crippen LogP contribution is 2.34. The third kappa shape index (κ3) is 3.05. The molecule has 1 N–H and O–H groups in total. The van der Waals surface area contributed by atoms with E-state index in [0.717, 1.165) is 17.7 Å². The molecular weight excluding hydrogens is 293 g/mol. The van der Waals surface area contributed by atoms with Crippen LogP contribution in [0.15, 0.2) is 18.3 Å². The molecule has 0 aliphatic heterocycles. The lowest BCUT2D eigenvalue weighted by Crippen LogP contribution is -2.05. The Morgan fingerprint density at radius 1 is 1.52 bits per heavy atom. The lowest BCUT2D eigenvalue weighted by Gasteiger charge is -2.10. The van der Waals surface area contributed by atoms with Crippen molar-refractivity contribution < 1.29 is 19.0 Å². The topological polar surface area (TPSA) is 59.4 Å². The lowest BCUT2D eigenvalue weighted by molar-refractivity contribution is 0.0691. The van der Waals surface area contributed by atoms with E-state index in [1.807, 2.05) is 6.92 Å². The number of halogens is 1. The average molecular weight is 307 g/mol. The van der Waals surface area contributed by atoms with Gasteiger partial charge in [-0.05, 0) is 37.8 Å². The molecule has 1 aliphatic rings. The lowest BCUT2D eigenvalue weighted by atomic mass is 10.1. The Morgan fingerprint density at radius 3 is 2.86 bits per heavy atom. The van der Waals surface area contributed by atoms with Gasteiger partial charge in [0, 0.05) is 11.1 Å². The van der Waals surface area contributed by atoms with E-state index < -0.39 is 11.8 Å². The van der Waals surface area contributed by atoms with Crippen LogP contribution in [0.5, 0.6) is 5.75 Å². The van der Waals surface area contributed by atoms with Gasteiger partial charge in [-0.2, -0.15) is 0 Å². The zero-order valence-electron chi connectivity index (χ0n) is 11.4. The Kier molecular flexibility index (Phi) is 3.63. The smallest absolute Gasteiger partial charge is 0.338 e. The highest BCUT2D eigenvalue weighted by Gasteiger charge is 2.24. The minimum Gasteiger partial charge on any atom is -0.493 e. The van der Waals surface area contributed by atoms with Crippen LogP contribution < -0.4 is 4.74 Å². The molecule has 0 bridgehead atoms. The van der Waals surface area contributed by atoms with Crippen LogP contribution in [-0.4, -0.2) is 22.7 Å². The molecule has 0 amide bonds. The molecule has 1 aliphatic carbocycles. The summed E-state index contributed by atoms with van der Waals surface area (Å²) in [6, 6.07) is 2.77. The molecule has 0 atom stereocenters. The van der Waals surface area contributed by atoms with Gasteiger partial charge < -0.3 is 9.84 Å². The normalized spacial score (nSPS) is 14.2. The number of thiazole rings is 1. The van der Waals surface area contributed by atoms with E-state index in [1.165, 1.54) is 23.5 Å². The summed E-state index contributed by atoms with van der Waals surface area (Å²) in [5.41, 5.74) is -0.204. The molecule has 1 aromatic carbocycles. The zero-order valence-corrected chi connectivity index (χ0v) is 12.2. The van der Waals surface area contributed by atoms with Gasteiger partial charge in [-0.25, -0.2) is 14.2 Å². The average Bonchev–Trinajstić information content (AvgIpc) is 3.18. The number of hydrogen-bond donors (Lipinski definition) is 1. The Morgan fingerprint density at radius 2 is 2.29 bits per heavy atom. The third-order valence-electron chi connectivity index (χ3n) is 3.31. The van der Waals surface area contributed by atoms with E-state index in [4.69, 9.17) is 9.84 Å². The first-order chi connectivity index (χ1) is 10.0. The summed E-state index contributed by atoms with van der Waals surface area (Å²) in [4.78, 5) is 16.3. The number of hydrogen-bond acceptors (Lipinski definition) is 4. The maximum atomic E-state index is 14.3. The van der Waals surface area contributed by atoms with Gasteiger partial charge in [0.1, 0.15) is 16.6 Å². The first-order valence-electron chi connectivity index (χ1n) is 6.67. The number of carboxylic acids is 1. The Bertz CT molecular complexity index is 694. The quantitative estimate of drug-likeness (QED) is 0.914. The second kappa shape index (κ2) is 5.44. The van der Waals surface area contributed by atoms with E-state index in [1.54, 1.807) is 6.20 Å². The zero-order chi connectivity index (χ0) is 15.0. The summed E-state index contributed by atoms with van der Waals surface area (Å²) in [6.45, 7) is 2.41. The number of carboxylic acid groups (broad SMARTS) is 1. The van der Waals surface area contributed by atoms with E-state index in [9.17, 15) is 9.18 Å². The Balaban J connectivity index is 2.01. The van der Waals surface area contributed by atoms with Crippen LogP contribution in [0.4, 0.5) is 4.39 Å². The summed E-state index contributed by atoms with van der Waals surface area (Å²) in [6.07, 6.45) is 3.90. The predicted molar refractivity (Wildman–Crippen MR) is 77.4 cm³/mol. The van der Waals surface area contributed by atoms with Crippen LogP contribution in [0.3, 0.4) is 0 Å². The van der Waals surface area contributed by atoms with Crippen molar-refractivity contribution in [1.29, 1.82) is 0 Å². The molecule has 110 valence electrons. The maximum Gasteiger partial charge on any atom is 0.338 e. The van der Waals surface area contributed by atoms with E-state index in [0.29, 0.717) is 23.3 Å². The summed E-state index contributed by atoms with van der Waals surface area (Å²) < 4.78 is 19.9. The second-order valence-corrected chi connectivity index (χ2v) is 6.40. The van der Waals surface area contributed by atoms with Gasteiger partial charge in [-0.15, -0.1) is 11.3 Å². The van der Waals surface area contributed by atoms with Gasteiger partial charge in [-0.1, -0.05) is 0 Å². The van der Waals surface area contributed by atoms with Crippen molar-refractivity contribution in [3.05, 3.63) is 34.6 Å². The molecule has 6 heteroatoms. The highest BCUT2D eigenvalue weighted by molar-refractivity contribution is 7.14. The highest BCUT2D eigenvalue weighted by atomic mass is 32.1. The summed E-state index contributed by atoms with van der Waals surface area (Å²) in [7, 11) is 0. The fourth-order valence-corrected chi connectivity index (χ4v) is 2.74. The number of benzene rings is 1. The van der Waals surface area contributed by atoms with Gasteiger partial charge >= 0.3 is 5.97 Å². The molecule has 1 fully saturated rings. The second-order valence-electron chi connectivity index (χ2n) is 5.17. The summed E-state index contributed by atoms with van der Waals surface area (Å²) >= 11 is 1.32. The summed E-state index contributed by atoms with van der Waals surface area (Å²) in [5, 5.41) is 9.61. The molecule has 0 unspecified atom stereocenters. The van der Waals surface area contributed by atoms with Gasteiger partial charge in [0.2, 0.25) is 0 Å². The van der Waals surface area contributed by atoms with Crippen LogP contribution in [-0.2, 0) is 0 Å². The molecule has 3 rings (SSSR count). The molecule has 0 spiro atoms. The molecule has 0 radical (unpaired) electrons. The number of aromatic carboxylic acids is 1. The van der Waals surface area contributed by atoms with Crippen LogP contribution in [0.2, 0.25) is 0 Å². The number of aryl methyl sites for hydroxylation is 1. The number of nitrogens with zero attached hydrogens (tertiary/aromatic N) is 1. The molecule has 1 heterocycles. The van der Waals surface area contributed by atoms with Crippen molar-refractivity contribution in [2.45, 2.75) is 19.8 Å². The molecule has 1 aromatic heterocycles. The van der Waals surface area contributed by atoms with Gasteiger partial charge in [0.05, 0.1) is 17.7 Å². The van der Waals surface area contributed by atoms with Crippen molar-refractivity contribution in [3.8, 4) is 16.3 Å². The standard InChI is InChI=1S/C15H14FNO3S/c1-8-6-17-14(21-8)11-4-10(20-7-9-2-3-9)5-12(13(11)16)15(18)19/h4-6,9H,2-3,7H2,1H3,(H,18,19). The minimum atomic E-state index is -1.31. The van der Waals surface area contributed by atoms with E-state index in [2.05, 4.69) is 4.98 Å². The number of rotatable bonds is 5. The maximum absolute atomic E-state index is 14.3. The van der Waals surface area contributed by atoms with Crippen LogP contribution in [0.1, 0.15) is 28.1 Å². The van der Waals surface area contributed by atoms with Crippen LogP contribution >= 0.6 is 11.3 Å². The minimum absolute atomic E-state index is 0.179. The van der Waals surface area contributed by atoms with E-state index in [-0.39, 0.29) is 11.1 Å². The molecule has 2 aromatic rings. The SMILES string of the molecule is Cc1cnc(-c2cc(OCC3CC3)cc(C(=O)O)c2F)s1. The van der Waals surface area contributed by atoms with Gasteiger partial charge in [0.25, 0.3) is 0 Å². The monoisotopic (exact) mass is 307 g/mol. The summed E-state index contributed by atoms with van der Waals surface area (Å²) in [5.74, 6) is -1.16. The third-order valence-corrected chi connectivity index (χ3v) is 4.26. The molecule has 21 heavy (non-hydrogen) atoms. The largest absolute Gasteiger partial charge is 0.493 e. The van der Waals surface area contributed by atoms with Crippen molar-refractivity contribution in [3.63, 3.8) is 0 Å². The van der Waals surface area contributed by atoms with E-state index >= 15 is 0 Å². The van der Waals surface area contributed by atoms with Crippen LogP contribution in [0.25, 0.3) is 10.6 Å². The predicted octanol–water partition coefficient (Wildman–Crippen LogP) is 3.74. The fourth-order valence-electron chi connectivity index (χ4n) is 1.97. The van der Waals surface area contributed by atoms with Gasteiger partial charge in [0.15, 0.2) is 0 Å². The van der Waals surface area contributed by atoms with Crippen LogP contribution in [0, 0.1) is 18.7 Å². The first-order valence-corrected chi connectivity index (χ1v) is 7.48.